The molecule has 0 atom stereocenters. The van der Waals surface area contributed by atoms with Gasteiger partial charge in [-0.05, 0) is 12.1 Å². The molecule has 1 aromatic heterocycles. The van der Waals surface area contributed by atoms with Gasteiger partial charge in [0.1, 0.15) is 12.4 Å². The van der Waals surface area contributed by atoms with E-state index in [-0.39, 0.29) is 12.5 Å². The summed E-state index contributed by atoms with van der Waals surface area (Å²) in [6.07, 6.45) is 4.07. The van der Waals surface area contributed by atoms with E-state index in [1.165, 1.54) is 0 Å². The highest BCUT2D eigenvalue weighted by molar-refractivity contribution is 5.96. The van der Waals surface area contributed by atoms with E-state index in [1.54, 1.807) is 36.7 Å². The molecule has 0 spiro atoms. The van der Waals surface area contributed by atoms with E-state index in [2.05, 4.69) is 27.1 Å². The number of hydrogen-bond acceptors (Lipinski definition) is 3. The summed E-state index contributed by atoms with van der Waals surface area (Å²) in [5, 5.41) is 11.5. The predicted molar refractivity (Wildman–Crippen MR) is 75.0 cm³/mol. The molecular formula is C15H15N3O2. The zero-order valence-corrected chi connectivity index (χ0v) is 10.9. The Labute approximate surface area is 117 Å². The van der Waals surface area contributed by atoms with Crippen LogP contribution >= 0.6 is 0 Å². The minimum absolute atomic E-state index is 0.181. The molecular weight excluding hydrogens is 254 g/mol. The molecule has 0 unspecified atom stereocenters. The number of imidazole rings is 1. The molecule has 1 heterocycles. The molecule has 0 radical (unpaired) electrons. The van der Waals surface area contributed by atoms with E-state index >= 15 is 0 Å². The molecule has 0 aliphatic carbocycles. The SMILES string of the molecule is O=C(NCCc1ncc[nH]1)c1ccccc1C#CCO. The maximum absolute atomic E-state index is 12.1. The molecule has 5 nitrogen and oxygen atoms in total. The van der Waals surface area contributed by atoms with Gasteiger partial charge in [0.2, 0.25) is 0 Å². The summed E-state index contributed by atoms with van der Waals surface area (Å²) in [5.41, 5.74) is 1.12. The van der Waals surface area contributed by atoms with Crippen molar-refractivity contribution in [1.82, 2.24) is 15.3 Å². The molecule has 5 heteroatoms. The zero-order valence-electron chi connectivity index (χ0n) is 10.9. The van der Waals surface area contributed by atoms with E-state index in [4.69, 9.17) is 5.11 Å². The highest BCUT2D eigenvalue weighted by Crippen LogP contribution is 2.07. The normalized spacial score (nSPS) is 9.65. The first-order valence-corrected chi connectivity index (χ1v) is 6.26. The van der Waals surface area contributed by atoms with Crippen molar-refractivity contribution in [3.05, 3.63) is 53.6 Å². The first-order chi connectivity index (χ1) is 9.81. The van der Waals surface area contributed by atoms with Gasteiger partial charge in [0.05, 0.1) is 5.56 Å². The van der Waals surface area contributed by atoms with Crippen LogP contribution in [0.5, 0.6) is 0 Å². The second-order valence-electron chi connectivity index (χ2n) is 4.05. The van der Waals surface area contributed by atoms with Gasteiger partial charge in [-0.1, -0.05) is 24.0 Å². The number of aromatic amines is 1. The number of carbonyl (C=O) groups is 1. The number of hydrogen-bond donors (Lipinski definition) is 3. The molecule has 0 saturated heterocycles. The molecule has 102 valence electrons. The molecule has 1 aromatic carbocycles. The van der Waals surface area contributed by atoms with Crippen molar-refractivity contribution in [2.75, 3.05) is 13.2 Å². The molecule has 2 aromatic rings. The Hall–Kier alpha value is -2.58. The molecule has 2 rings (SSSR count). The van der Waals surface area contributed by atoms with Gasteiger partial charge in [-0.15, -0.1) is 0 Å². The van der Waals surface area contributed by atoms with Gasteiger partial charge in [0.15, 0.2) is 0 Å². The fraction of sp³-hybridized carbons (Fsp3) is 0.200. The Kier molecular flexibility index (Phi) is 4.93. The number of nitrogens with one attached hydrogen (secondary N) is 2. The maximum Gasteiger partial charge on any atom is 0.252 e. The van der Waals surface area contributed by atoms with Gasteiger partial charge in [-0.25, -0.2) is 4.98 Å². The minimum Gasteiger partial charge on any atom is -0.384 e. The van der Waals surface area contributed by atoms with Crippen LogP contribution in [0.2, 0.25) is 0 Å². The Morgan fingerprint density at radius 3 is 3.00 bits per heavy atom. The number of carbonyl (C=O) groups excluding carboxylic acids is 1. The second kappa shape index (κ2) is 7.12. The topological polar surface area (TPSA) is 78.0 Å². The lowest BCUT2D eigenvalue weighted by Gasteiger charge is -2.06. The van der Waals surface area contributed by atoms with Crippen molar-refractivity contribution in [2.24, 2.45) is 0 Å². The number of rotatable bonds is 4. The summed E-state index contributed by atoms with van der Waals surface area (Å²) in [4.78, 5) is 19.1. The summed E-state index contributed by atoms with van der Waals surface area (Å²) in [6.45, 7) is 0.266. The lowest BCUT2D eigenvalue weighted by atomic mass is 10.1. The molecule has 20 heavy (non-hydrogen) atoms. The van der Waals surface area contributed by atoms with Gasteiger partial charge in [0, 0.05) is 30.9 Å². The van der Waals surface area contributed by atoms with Crippen molar-refractivity contribution >= 4 is 5.91 Å². The third-order valence-electron chi connectivity index (χ3n) is 2.68. The highest BCUT2D eigenvalue weighted by atomic mass is 16.2. The largest absolute Gasteiger partial charge is 0.384 e. The smallest absolute Gasteiger partial charge is 0.252 e. The number of H-pyrrole nitrogens is 1. The van der Waals surface area contributed by atoms with Gasteiger partial charge >= 0.3 is 0 Å². The van der Waals surface area contributed by atoms with E-state index in [0.29, 0.717) is 24.1 Å². The highest BCUT2D eigenvalue weighted by Gasteiger charge is 2.08. The molecule has 0 aliphatic rings. The first kappa shape index (κ1) is 13.8. The van der Waals surface area contributed by atoms with Crippen LogP contribution in [0.3, 0.4) is 0 Å². The summed E-state index contributed by atoms with van der Waals surface area (Å²) < 4.78 is 0. The molecule has 0 aliphatic heterocycles. The number of aliphatic hydroxyl groups excluding tert-OH is 1. The summed E-state index contributed by atoms with van der Waals surface area (Å²) in [5.74, 6) is 5.97. The van der Waals surface area contributed by atoms with Crippen LogP contribution in [0.15, 0.2) is 36.7 Å². The summed E-state index contributed by atoms with van der Waals surface area (Å²) >= 11 is 0. The van der Waals surface area contributed by atoms with Crippen LogP contribution in [-0.2, 0) is 6.42 Å². The average molecular weight is 269 g/mol. The van der Waals surface area contributed by atoms with Gasteiger partial charge < -0.3 is 15.4 Å². The molecule has 0 saturated carbocycles. The van der Waals surface area contributed by atoms with E-state index < -0.39 is 0 Å². The lowest BCUT2D eigenvalue weighted by molar-refractivity contribution is 0.0954. The third kappa shape index (κ3) is 3.70. The standard InChI is InChI=1S/C15H15N3O2/c19-11-3-5-12-4-1-2-6-13(12)15(20)18-8-7-14-16-9-10-17-14/h1-2,4,6,9-10,19H,7-8,11H2,(H,16,17)(H,18,20). The molecule has 0 bridgehead atoms. The van der Waals surface area contributed by atoms with Crippen LogP contribution in [-0.4, -0.2) is 34.1 Å². The van der Waals surface area contributed by atoms with Crippen molar-refractivity contribution in [1.29, 1.82) is 0 Å². The van der Waals surface area contributed by atoms with Gasteiger partial charge in [-0.3, -0.25) is 4.79 Å². The van der Waals surface area contributed by atoms with Crippen LogP contribution < -0.4 is 5.32 Å². The Balaban J connectivity index is 1.98. The van der Waals surface area contributed by atoms with E-state index in [0.717, 1.165) is 5.82 Å². The number of amides is 1. The van der Waals surface area contributed by atoms with Crippen molar-refractivity contribution in [3.63, 3.8) is 0 Å². The van der Waals surface area contributed by atoms with Crippen molar-refractivity contribution in [3.8, 4) is 11.8 Å². The number of nitrogens with zero attached hydrogens (tertiary/aromatic N) is 1. The van der Waals surface area contributed by atoms with Crippen LogP contribution in [0.25, 0.3) is 0 Å². The Morgan fingerprint density at radius 1 is 1.40 bits per heavy atom. The molecule has 3 N–H and O–H groups in total. The van der Waals surface area contributed by atoms with Gasteiger partial charge in [-0.2, -0.15) is 0 Å². The summed E-state index contributed by atoms with van der Waals surface area (Å²) in [6, 6.07) is 7.06. The Bertz CT molecular complexity index is 624. The zero-order chi connectivity index (χ0) is 14.2. The summed E-state index contributed by atoms with van der Waals surface area (Å²) in [7, 11) is 0. The lowest BCUT2D eigenvalue weighted by Crippen LogP contribution is -2.26. The number of benzene rings is 1. The maximum atomic E-state index is 12.1. The predicted octanol–water partition coefficient (Wildman–Crippen LogP) is 0.726. The third-order valence-corrected chi connectivity index (χ3v) is 2.68. The monoisotopic (exact) mass is 269 g/mol. The van der Waals surface area contributed by atoms with Crippen molar-refractivity contribution < 1.29 is 9.90 Å². The molecule has 1 amide bonds. The average Bonchev–Trinajstić information content (AvgIpc) is 2.98. The molecule has 0 fully saturated rings. The van der Waals surface area contributed by atoms with E-state index in [9.17, 15) is 4.79 Å². The fourth-order valence-electron chi connectivity index (χ4n) is 1.75. The number of aromatic nitrogens is 2. The second-order valence-corrected chi connectivity index (χ2v) is 4.05. The van der Waals surface area contributed by atoms with Crippen LogP contribution in [0.1, 0.15) is 21.7 Å². The quantitative estimate of drug-likeness (QED) is 0.716. The fourth-order valence-corrected chi connectivity index (χ4v) is 1.75. The number of aliphatic hydroxyl groups is 1. The Morgan fingerprint density at radius 2 is 2.25 bits per heavy atom. The first-order valence-electron chi connectivity index (χ1n) is 6.26. The van der Waals surface area contributed by atoms with Crippen LogP contribution in [0.4, 0.5) is 0 Å². The van der Waals surface area contributed by atoms with Gasteiger partial charge in [0.25, 0.3) is 5.91 Å². The van der Waals surface area contributed by atoms with E-state index in [1.807, 2.05) is 0 Å². The minimum atomic E-state index is -0.228. The van der Waals surface area contributed by atoms with Crippen LogP contribution in [0, 0.1) is 11.8 Å². The van der Waals surface area contributed by atoms with Crippen molar-refractivity contribution in [2.45, 2.75) is 6.42 Å².